The molecule has 0 fully saturated rings. The molecular formula is C11H17N3O. The van der Waals surface area contributed by atoms with E-state index in [1.165, 1.54) is 0 Å². The highest BCUT2D eigenvalue weighted by atomic mass is 16.1. The van der Waals surface area contributed by atoms with E-state index in [1.54, 1.807) is 18.3 Å². The molecule has 4 nitrogen and oxygen atoms in total. The number of nitrogen functional groups attached to an aromatic ring is 1. The predicted octanol–water partition coefficient (Wildman–Crippen LogP) is 1.40. The van der Waals surface area contributed by atoms with Crippen molar-refractivity contribution >= 4 is 11.6 Å². The van der Waals surface area contributed by atoms with E-state index in [0.29, 0.717) is 17.9 Å². The summed E-state index contributed by atoms with van der Waals surface area (Å²) in [5.41, 5.74) is 6.86. The number of amides is 1. The number of hydrogen-bond donors (Lipinski definition) is 2. The zero-order valence-corrected chi connectivity index (χ0v) is 8.99. The van der Waals surface area contributed by atoms with Crippen LogP contribution >= 0.6 is 0 Å². The van der Waals surface area contributed by atoms with Crippen molar-refractivity contribution in [2.45, 2.75) is 19.9 Å². The van der Waals surface area contributed by atoms with Crippen molar-refractivity contribution in [2.24, 2.45) is 0 Å². The summed E-state index contributed by atoms with van der Waals surface area (Å²) in [6.07, 6.45) is 4.31. The zero-order valence-electron chi connectivity index (χ0n) is 8.99. The SMILES string of the molecule is C=CCCNC(=O)c1cc(N)cn1CC. The largest absolute Gasteiger partial charge is 0.397 e. The van der Waals surface area contributed by atoms with Gasteiger partial charge in [0, 0.05) is 19.3 Å². The Kier molecular flexibility index (Phi) is 3.97. The molecule has 0 spiro atoms. The molecular weight excluding hydrogens is 190 g/mol. The quantitative estimate of drug-likeness (QED) is 0.566. The van der Waals surface area contributed by atoms with Crippen molar-refractivity contribution in [3.8, 4) is 0 Å². The minimum absolute atomic E-state index is 0.0876. The second kappa shape index (κ2) is 5.24. The third-order valence-electron chi connectivity index (χ3n) is 2.13. The first-order valence-corrected chi connectivity index (χ1v) is 5.03. The minimum atomic E-state index is -0.0876. The third kappa shape index (κ3) is 2.87. The monoisotopic (exact) mass is 207 g/mol. The second-order valence-corrected chi connectivity index (χ2v) is 3.28. The summed E-state index contributed by atoms with van der Waals surface area (Å²) in [5, 5.41) is 2.80. The molecule has 0 aliphatic carbocycles. The van der Waals surface area contributed by atoms with E-state index < -0.39 is 0 Å². The first-order valence-electron chi connectivity index (χ1n) is 5.03. The maximum absolute atomic E-state index is 11.7. The molecule has 1 aromatic heterocycles. The molecule has 0 aliphatic heterocycles. The summed E-state index contributed by atoms with van der Waals surface area (Å²) >= 11 is 0. The molecule has 0 aliphatic rings. The lowest BCUT2D eigenvalue weighted by Gasteiger charge is -2.06. The van der Waals surface area contributed by atoms with Crippen LogP contribution < -0.4 is 11.1 Å². The Morgan fingerprint density at radius 3 is 3.07 bits per heavy atom. The van der Waals surface area contributed by atoms with Crippen molar-refractivity contribution in [1.29, 1.82) is 0 Å². The van der Waals surface area contributed by atoms with Gasteiger partial charge in [-0.25, -0.2) is 0 Å². The van der Waals surface area contributed by atoms with Crippen LogP contribution in [0.15, 0.2) is 24.9 Å². The average Bonchev–Trinajstić information content (AvgIpc) is 2.60. The number of hydrogen-bond acceptors (Lipinski definition) is 2. The number of aryl methyl sites for hydroxylation is 1. The Hall–Kier alpha value is -1.71. The van der Waals surface area contributed by atoms with E-state index in [9.17, 15) is 4.79 Å². The van der Waals surface area contributed by atoms with Gasteiger partial charge in [-0.05, 0) is 19.4 Å². The predicted molar refractivity (Wildman–Crippen MR) is 61.7 cm³/mol. The van der Waals surface area contributed by atoms with Crippen LogP contribution in [0, 0.1) is 0 Å². The first kappa shape index (κ1) is 11.4. The average molecular weight is 207 g/mol. The van der Waals surface area contributed by atoms with Gasteiger partial charge in [-0.1, -0.05) is 6.08 Å². The van der Waals surface area contributed by atoms with Crippen molar-refractivity contribution in [2.75, 3.05) is 12.3 Å². The highest BCUT2D eigenvalue weighted by molar-refractivity contribution is 5.93. The summed E-state index contributed by atoms with van der Waals surface area (Å²) in [6, 6.07) is 1.69. The number of carbonyl (C=O) groups excluding carboxylic acids is 1. The lowest BCUT2D eigenvalue weighted by molar-refractivity contribution is 0.0945. The van der Waals surface area contributed by atoms with E-state index in [0.717, 1.165) is 13.0 Å². The topological polar surface area (TPSA) is 60.1 Å². The van der Waals surface area contributed by atoms with Crippen molar-refractivity contribution in [1.82, 2.24) is 9.88 Å². The lowest BCUT2D eigenvalue weighted by atomic mass is 10.3. The van der Waals surface area contributed by atoms with Gasteiger partial charge in [-0.15, -0.1) is 6.58 Å². The maximum atomic E-state index is 11.7. The number of aromatic nitrogens is 1. The number of nitrogens with zero attached hydrogens (tertiary/aromatic N) is 1. The van der Waals surface area contributed by atoms with Gasteiger partial charge in [0.15, 0.2) is 0 Å². The number of nitrogens with two attached hydrogens (primary N) is 1. The summed E-state index contributed by atoms with van der Waals surface area (Å²) < 4.78 is 1.83. The Labute approximate surface area is 89.8 Å². The van der Waals surface area contributed by atoms with Crippen LogP contribution in [-0.4, -0.2) is 17.0 Å². The number of carbonyl (C=O) groups is 1. The van der Waals surface area contributed by atoms with Crippen LogP contribution in [0.25, 0.3) is 0 Å². The van der Waals surface area contributed by atoms with Gasteiger partial charge in [0.2, 0.25) is 0 Å². The van der Waals surface area contributed by atoms with Crippen molar-refractivity contribution in [3.63, 3.8) is 0 Å². The molecule has 1 amide bonds. The van der Waals surface area contributed by atoms with Gasteiger partial charge < -0.3 is 15.6 Å². The molecule has 15 heavy (non-hydrogen) atoms. The molecule has 0 atom stereocenters. The number of nitrogens with one attached hydrogen (secondary N) is 1. The molecule has 1 aromatic rings. The Balaban J connectivity index is 2.67. The van der Waals surface area contributed by atoms with Gasteiger partial charge >= 0.3 is 0 Å². The van der Waals surface area contributed by atoms with E-state index in [4.69, 9.17) is 5.73 Å². The summed E-state index contributed by atoms with van der Waals surface area (Å²) in [6.45, 7) is 6.91. The summed E-state index contributed by atoms with van der Waals surface area (Å²) in [5.74, 6) is -0.0876. The van der Waals surface area contributed by atoms with Crippen molar-refractivity contribution < 1.29 is 4.79 Å². The maximum Gasteiger partial charge on any atom is 0.267 e. The molecule has 0 saturated carbocycles. The van der Waals surface area contributed by atoms with E-state index in [2.05, 4.69) is 11.9 Å². The van der Waals surface area contributed by atoms with Crippen molar-refractivity contribution in [3.05, 3.63) is 30.6 Å². The Morgan fingerprint density at radius 2 is 2.47 bits per heavy atom. The fourth-order valence-corrected chi connectivity index (χ4v) is 1.36. The molecule has 3 N–H and O–H groups in total. The van der Waals surface area contributed by atoms with Gasteiger partial charge in [-0.3, -0.25) is 4.79 Å². The molecule has 4 heteroatoms. The molecule has 0 bridgehead atoms. The van der Waals surface area contributed by atoms with Gasteiger partial charge in [0.25, 0.3) is 5.91 Å². The standard InChI is InChI=1S/C11H17N3O/c1-3-5-6-13-11(15)10-7-9(12)8-14(10)4-2/h3,7-8H,1,4-6,12H2,2H3,(H,13,15). The molecule has 82 valence electrons. The fourth-order valence-electron chi connectivity index (χ4n) is 1.36. The second-order valence-electron chi connectivity index (χ2n) is 3.28. The highest BCUT2D eigenvalue weighted by Gasteiger charge is 2.10. The first-order chi connectivity index (χ1) is 7.19. The summed E-state index contributed by atoms with van der Waals surface area (Å²) in [4.78, 5) is 11.7. The number of anilines is 1. The zero-order chi connectivity index (χ0) is 11.3. The van der Waals surface area contributed by atoms with E-state index in [1.807, 2.05) is 11.5 Å². The van der Waals surface area contributed by atoms with Crippen LogP contribution in [0.5, 0.6) is 0 Å². The number of rotatable bonds is 5. The third-order valence-corrected chi connectivity index (χ3v) is 2.13. The Bertz CT molecular complexity index is 355. The normalized spacial score (nSPS) is 9.93. The molecule has 1 heterocycles. The van der Waals surface area contributed by atoms with Crippen LogP contribution in [0.2, 0.25) is 0 Å². The molecule has 1 rings (SSSR count). The highest BCUT2D eigenvalue weighted by Crippen LogP contribution is 2.10. The van der Waals surface area contributed by atoms with Gasteiger partial charge in [-0.2, -0.15) is 0 Å². The fraction of sp³-hybridized carbons (Fsp3) is 0.364. The minimum Gasteiger partial charge on any atom is -0.397 e. The van der Waals surface area contributed by atoms with E-state index in [-0.39, 0.29) is 5.91 Å². The Morgan fingerprint density at radius 1 is 1.73 bits per heavy atom. The van der Waals surface area contributed by atoms with Crippen LogP contribution in [0.4, 0.5) is 5.69 Å². The van der Waals surface area contributed by atoms with Crippen LogP contribution in [0.1, 0.15) is 23.8 Å². The molecule has 0 aromatic carbocycles. The van der Waals surface area contributed by atoms with Gasteiger partial charge in [0.1, 0.15) is 5.69 Å². The molecule has 0 radical (unpaired) electrons. The molecule has 0 saturated heterocycles. The van der Waals surface area contributed by atoms with E-state index >= 15 is 0 Å². The smallest absolute Gasteiger partial charge is 0.267 e. The molecule has 0 unspecified atom stereocenters. The van der Waals surface area contributed by atoms with Crippen LogP contribution in [0.3, 0.4) is 0 Å². The summed E-state index contributed by atoms with van der Waals surface area (Å²) in [7, 11) is 0. The lowest BCUT2D eigenvalue weighted by Crippen LogP contribution is -2.26. The van der Waals surface area contributed by atoms with Gasteiger partial charge in [0.05, 0.1) is 5.69 Å². The van der Waals surface area contributed by atoms with Crippen LogP contribution in [-0.2, 0) is 6.54 Å².